The third kappa shape index (κ3) is 5.43. The van der Waals surface area contributed by atoms with Gasteiger partial charge in [-0.15, -0.1) is 0 Å². The Kier molecular flexibility index (Phi) is 7.31. The van der Waals surface area contributed by atoms with Crippen LogP contribution < -0.4 is 5.32 Å². The number of sulfonamides is 1. The molecule has 8 heteroatoms. The zero-order chi connectivity index (χ0) is 25.0. The lowest BCUT2D eigenvalue weighted by Gasteiger charge is -2.21. The molecule has 0 atom stereocenters. The largest absolute Gasteiger partial charge is 0.324 e. The van der Waals surface area contributed by atoms with Gasteiger partial charge in [0.25, 0.3) is 0 Å². The average molecular weight is 507 g/mol. The van der Waals surface area contributed by atoms with E-state index < -0.39 is 22.5 Å². The molecule has 1 N–H and O–H groups in total. The Hall–Kier alpha value is -3.52. The van der Waals surface area contributed by atoms with E-state index in [2.05, 4.69) is 5.32 Å². The summed E-state index contributed by atoms with van der Waals surface area (Å²) in [6.07, 6.45) is 0. The van der Waals surface area contributed by atoms with Gasteiger partial charge in [-0.1, -0.05) is 79.2 Å². The zero-order valence-corrected chi connectivity index (χ0v) is 20.5. The number of nitrogens with one attached hydrogen (secondary N) is 1. The normalized spacial score (nSPS) is 11.5. The quantitative estimate of drug-likeness (QED) is 0.325. The van der Waals surface area contributed by atoms with Gasteiger partial charge in [0.1, 0.15) is 0 Å². The maximum absolute atomic E-state index is 13.3. The van der Waals surface area contributed by atoms with E-state index in [9.17, 15) is 18.0 Å². The SMILES string of the molecule is CCN(CC(=O)Nc1ccc(Cl)cc1C(=O)c1ccccc1)S(=O)(=O)c1ccc2ccccc2c1. The fourth-order valence-electron chi connectivity index (χ4n) is 3.75. The fourth-order valence-corrected chi connectivity index (χ4v) is 5.37. The molecule has 0 aliphatic carbocycles. The third-order valence-electron chi connectivity index (χ3n) is 5.57. The summed E-state index contributed by atoms with van der Waals surface area (Å²) in [5, 5.41) is 4.74. The Labute approximate surface area is 209 Å². The van der Waals surface area contributed by atoms with E-state index >= 15 is 0 Å². The van der Waals surface area contributed by atoms with Crippen molar-refractivity contribution in [3.05, 3.63) is 107 Å². The molecule has 4 rings (SSSR count). The molecule has 0 heterocycles. The van der Waals surface area contributed by atoms with E-state index in [-0.39, 0.29) is 28.5 Å². The van der Waals surface area contributed by atoms with Gasteiger partial charge in [-0.2, -0.15) is 4.31 Å². The summed E-state index contributed by atoms with van der Waals surface area (Å²) in [5.74, 6) is -0.875. The van der Waals surface area contributed by atoms with Gasteiger partial charge >= 0.3 is 0 Å². The molecule has 4 aromatic carbocycles. The molecule has 0 aliphatic rings. The van der Waals surface area contributed by atoms with Gasteiger partial charge in [0, 0.05) is 22.7 Å². The minimum atomic E-state index is -3.92. The maximum Gasteiger partial charge on any atom is 0.243 e. The van der Waals surface area contributed by atoms with Gasteiger partial charge in [0.05, 0.1) is 17.1 Å². The first-order valence-corrected chi connectivity index (χ1v) is 12.8. The topological polar surface area (TPSA) is 83.6 Å². The predicted molar refractivity (Wildman–Crippen MR) is 138 cm³/mol. The maximum atomic E-state index is 13.3. The molecule has 1 amide bonds. The average Bonchev–Trinajstić information content (AvgIpc) is 2.88. The standard InChI is InChI=1S/C27H23ClN2O4S/c1-2-30(35(33,34)23-14-12-19-8-6-7-11-21(19)16-23)18-26(31)29-25-15-13-22(28)17-24(25)27(32)20-9-4-3-5-10-20/h3-17H,2,18H2,1H3,(H,29,31). The first-order chi connectivity index (χ1) is 16.8. The van der Waals surface area contributed by atoms with Crippen molar-refractivity contribution in [3.8, 4) is 0 Å². The predicted octanol–water partition coefficient (Wildman–Crippen LogP) is 5.37. The van der Waals surface area contributed by atoms with Crippen molar-refractivity contribution < 1.29 is 18.0 Å². The molecule has 0 unspecified atom stereocenters. The summed E-state index contributed by atoms with van der Waals surface area (Å²) < 4.78 is 27.6. The van der Waals surface area contributed by atoms with Crippen LogP contribution >= 0.6 is 11.6 Å². The van der Waals surface area contributed by atoms with Gasteiger partial charge in [0.15, 0.2) is 5.78 Å². The summed E-state index contributed by atoms with van der Waals surface area (Å²) in [5.41, 5.74) is 0.921. The minimum Gasteiger partial charge on any atom is -0.324 e. The number of amides is 1. The summed E-state index contributed by atoms with van der Waals surface area (Å²) in [7, 11) is -3.92. The van der Waals surface area contributed by atoms with Crippen LogP contribution in [-0.2, 0) is 14.8 Å². The number of anilines is 1. The molecular weight excluding hydrogens is 484 g/mol. The number of fused-ring (bicyclic) bond motifs is 1. The second-order valence-corrected chi connectivity index (χ2v) is 10.2. The third-order valence-corrected chi connectivity index (χ3v) is 7.72. The fraction of sp³-hybridized carbons (Fsp3) is 0.111. The van der Waals surface area contributed by atoms with Crippen molar-refractivity contribution in [2.45, 2.75) is 11.8 Å². The van der Waals surface area contributed by atoms with Gasteiger partial charge in [-0.3, -0.25) is 9.59 Å². The molecule has 178 valence electrons. The van der Waals surface area contributed by atoms with Crippen LogP contribution in [0.5, 0.6) is 0 Å². The number of likely N-dealkylation sites (N-methyl/N-ethyl adjacent to an activating group) is 1. The summed E-state index contributed by atoms with van der Waals surface area (Å²) in [6.45, 7) is 1.35. The zero-order valence-electron chi connectivity index (χ0n) is 18.9. The van der Waals surface area contributed by atoms with Crippen molar-refractivity contribution in [2.24, 2.45) is 0 Å². The number of ketones is 1. The minimum absolute atomic E-state index is 0.0962. The molecule has 0 saturated carbocycles. The van der Waals surface area contributed by atoms with Crippen LogP contribution in [0, 0.1) is 0 Å². The first-order valence-electron chi connectivity index (χ1n) is 11.0. The van der Waals surface area contributed by atoms with Crippen LogP contribution in [0.1, 0.15) is 22.8 Å². The number of carbonyl (C=O) groups is 2. The monoisotopic (exact) mass is 506 g/mol. The first kappa shape index (κ1) is 24.6. The number of nitrogens with zero attached hydrogens (tertiary/aromatic N) is 1. The molecule has 0 aliphatic heterocycles. The lowest BCUT2D eigenvalue weighted by molar-refractivity contribution is -0.116. The second kappa shape index (κ2) is 10.4. The molecule has 0 aromatic heterocycles. The molecule has 0 radical (unpaired) electrons. The van der Waals surface area contributed by atoms with Crippen LogP contribution in [-0.4, -0.2) is 37.5 Å². The van der Waals surface area contributed by atoms with Gasteiger partial charge in [0.2, 0.25) is 15.9 Å². The number of hydrogen-bond acceptors (Lipinski definition) is 4. The van der Waals surface area contributed by atoms with Crippen LogP contribution in [0.2, 0.25) is 5.02 Å². The number of halogens is 1. The summed E-state index contributed by atoms with van der Waals surface area (Å²) >= 11 is 6.11. The van der Waals surface area contributed by atoms with E-state index in [4.69, 9.17) is 11.6 Å². The second-order valence-electron chi connectivity index (χ2n) is 7.87. The molecule has 6 nitrogen and oxygen atoms in total. The highest BCUT2D eigenvalue weighted by Gasteiger charge is 2.26. The number of benzene rings is 4. The molecule has 0 saturated heterocycles. The summed E-state index contributed by atoms with van der Waals surface area (Å²) in [4.78, 5) is 26.0. The smallest absolute Gasteiger partial charge is 0.243 e. The van der Waals surface area contributed by atoms with Crippen LogP contribution in [0.3, 0.4) is 0 Å². The summed E-state index contributed by atoms with van der Waals surface area (Å²) in [6, 6.07) is 25.5. The molecular formula is C27H23ClN2O4S. The molecule has 4 aromatic rings. The Bertz CT molecular complexity index is 1500. The highest BCUT2D eigenvalue weighted by molar-refractivity contribution is 7.89. The van der Waals surface area contributed by atoms with E-state index in [0.717, 1.165) is 15.1 Å². The highest BCUT2D eigenvalue weighted by Crippen LogP contribution is 2.25. The van der Waals surface area contributed by atoms with Crippen LogP contribution in [0.25, 0.3) is 10.8 Å². The van der Waals surface area contributed by atoms with Crippen LogP contribution in [0.4, 0.5) is 5.69 Å². The Morgan fingerprint density at radius 1 is 0.857 bits per heavy atom. The van der Waals surface area contributed by atoms with Crippen LogP contribution in [0.15, 0.2) is 95.9 Å². The van der Waals surface area contributed by atoms with Gasteiger partial charge in [-0.05, 0) is 41.1 Å². The van der Waals surface area contributed by atoms with Gasteiger partial charge < -0.3 is 5.32 Å². The van der Waals surface area contributed by atoms with Crippen molar-refractivity contribution in [1.29, 1.82) is 0 Å². The van der Waals surface area contributed by atoms with Crippen molar-refractivity contribution >= 4 is 49.8 Å². The number of rotatable bonds is 8. The van der Waals surface area contributed by atoms with E-state index in [1.54, 1.807) is 55.5 Å². The number of carbonyl (C=O) groups excluding carboxylic acids is 2. The van der Waals surface area contributed by atoms with Crippen molar-refractivity contribution in [2.75, 3.05) is 18.4 Å². The molecule has 0 bridgehead atoms. The molecule has 0 fully saturated rings. The van der Waals surface area contributed by atoms with E-state index in [0.29, 0.717) is 10.6 Å². The lowest BCUT2D eigenvalue weighted by Crippen LogP contribution is -2.38. The lowest BCUT2D eigenvalue weighted by atomic mass is 10.0. The van der Waals surface area contributed by atoms with Gasteiger partial charge in [-0.25, -0.2) is 8.42 Å². The van der Waals surface area contributed by atoms with Crippen molar-refractivity contribution in [3.63, 3.8) is 0 Å². The van der Waals surface area contributed by atoms with E-state index in [1.165, 1.54) is 18.2 Å². The Morgan fingerprint density at radius 2 is 1.54 bits per heavy atom. The number of hydrogen-bond donors (Lipinski definition) is 1. The Morgan fingerprint density at radius 3 is 2.26 bits per heavy atom. The molecule has 35 heavy (non-hydrogen) atoms. The highest BCUT2D eigenvalue weighted by atomic mass is 35.5. The van der Waals surface area contributed by atoms with Crippen molar-refractivity contribution in [1.82, 2.24) is 4.31 Å². The van der Waals surface area contributed by atoms with E-state index in [1.807, 2.05) is 24.3 Å². The Balaban J connectivity index is 1.57. The molecule has 0 spiro atoms.